The van der Waals surface area contributed by atoms with Crippen LogP contribution in [0, 0.1) is 0 Å². The molecule has 0 bridgehead atoms. The number of aliphatic hydroxyl groups excluding tert-OH is 1. The number of nitrogens with one attached hydrogen (secondary N) is 2. The van der Waals surface area contributed by atoms with Crippen molar-refractivity contribution in [2.24, 2.45) is 11.5 Å². The van der Waals surface area contributed by atoms with Gasteiger partial charge in [0.05, 0.1) is 18.6 Å². The van der Waals surface area contributed by atoms with Crippen molar-refractivity contribution < 1.29 is 29.0 Å². The van der Waals surface area contributed by atoms with Crippen molar-refractivity contribution in [1.82, 2.24) is 20.8 Å². The van der Waals surface area contributed by atoms with Gasteiger partial charge in [-0.3, -0.25) is 4.79 Å². The Morgan fingerprint density at radius 1 is 1.21 bits per heavy atom. The monoisotopic (exact) mass is 344 g/mol. The standard InChI is InChI=1S/C12H20N6O6/c1-4(15-12(23)16-8(5(2)19)11(21)22)9-17-18-10(24-9)6(13)3-7(14)20/h4-6,8,19H,3,13H2,1-2H3,(H2,14,20)(H,21,22)(H2,15,16,23)/t4-,5?,6-,8?/m0/s1. The third-order valence-electron chi connectivity index (χ3n) is 2.95. The van der Waals surface area contributed by atoms with Gasteiger partial charge in [-0.2, -0.15) is 0 Å². The molecule has 0 aliphatic rings. The summed E-state index contributed by atoms with van der Waals surface area (Å²) in [5.74, 6) is -2.04. The number of aliphatic carboxylic acids is 1. The number of carboxylic acids is 1. The fourth-order valence-corrected chi connectivity index (χ4v) is 1.71. The molecule has 1 heterocycles. The number of amides is 3. The summed E-state index contributed by atoms with van der Waals surface area (Å²) in [6.07, 6.45) is -1.47. The second-order valence-corrected chi connectivity index (χ2v) is 5.15. The molecule has 0 aliphatic heterocycles. The van der Waals surface area contributed by atoms with Crippen LogP contribution in [0.1, 0.15) is 44.1 Å². The summed E-state index contributed by atoms with van der Waals surface area (Å²) >= 11 is 0. The van der Waals surface area contributed by atoms with Crippen molar-refractivity contribution in [3.8, 4) is 0 Å². The second kappa shape index (κ2) is 8.21. The fourth-order valence-electron chi connectivity index (χ4n) is 1.71. The van der Waals surface area contributed by atoms with Crippen LogP contribution < -0.4 is 22.1 Å². The highest BCUT2D eigenvalue weighted by molar-refractivity contribution is 5.83. The van der Waals surface area contributed by atoms with Gasteiger partial charge in [-0.1, -0.05) is 0 Å². The van der Waals surface area contributed by atoms with E-state index < -0.39 is 42.1 Å². The third kappa shape index (κ3) is 5.48. The third-order valence-corrected chi connectivity index (χ3v) is 2.95. The number of hydrogen-bond acceptors (Lipinski definition) is 8. The van der Waals surface area contributed by atoms with Gasteiger partial charge in [0.15, 0.2) is 6.04 Å². The molecule has 1 aromatic heterocycles. The first kappa shape index (κ1) is 19.3. The molecule has 0 saturated carbocycles. The number of hydrogen-bond donors (Lipinski definition) is 6. The van der Waals surface area contributed by atoms with Crippen molar-refractivity contribution in [2.75, 3.05) is 0 Å². The Morgan fingerprint density at radius 2 is 1.79 bits per heavy atom. The maximum absolute atomic E-state index is 11.8. The van der Waals surface area contributed by atoms with Crippen LogP contribution in [-0.2, 0) is 9.59 Å². The van der Waals surface area contributed by atoms with Crippen molar-refractivity contribution in [3.63, 3.8) is 0 Å². The molecule has 2 unspecified atom stereocenters. The van der Waals surface area contributed by atoms with E-state index in [0.717, 1.165) is 0 Å². The van der Waals surface area contributed by atoms with Crippen LogP contribution in [0.3, 0.4) is 0 Å². The zero-order valence-corrected chi connectivity index (χ0v) is 13.1. The number of rotatable bonds is 8. The number of aliphatic hydroxyl groups is 1. The molecule has 12 heteroatoms. The van der Waals surface area contributed by atoms with E-state index in [4.69, 9.17) is 21.0 Å². The van der Waals surface area contributed by atoms with Gasteiger partial charge >= 0.3 is 12.0 Å². The first-order valence-corrected chi connectivity index (χ1v) is 6.96. The first-order valence-electron chi connectivity index (χ1n) is 6.96. The molecule has 1 rings (SSSR count). The van der Waals surface area contributed by atoms with Gasteiger partial charge in [0, 0.05) is 0 Å². The van der Waals surface area contributed by atoms with E-state index in [0.29, 0.717) is 0 Å². The zero-order chi connectivity index (χ0) is 18.4. The number of carboxylic acid groups (broad SMARTS) is 1. The van der Waals surface area contributed by atoms with E-state index in [2.05, 4.69) is 20.8 Å². The Bertz CT molecular complexity index is 603. The molecule has 0 saturated heterocycles. The van der Waals surface area contributed by atoms with Gasteiger partial charge in [0.2, 0.25) is 17.7 Å². The predicted molar refractivity (Wildman–Crippen MR) is 78.2 cm³/mol. The first-order chi connectivity index (χ1) is 11.1. The van der Waals surface area contributed by atoms with Gasteiger partial charge in [-0.15, -0.1) is 10.2 Å². The van der Waals surface area contributed by atoms with Gasteiger partial charge < -0.3 is 36.7 Å². The molecule has 0 aromatic carbocycles. The minimum atomic E-state index is -1.47. The van der Waals surface area contributed by atoms with Crippen LogP contribution in [0.15, 0.2) is 4.42 Å². The van der Waals surface area contributed by atoms with Crippen LogP contribution in [0.4, 0.5) is 4.79 Å². The number of nitrogens with zero attached hydrogens (tertiary/aromatic N) is 2. The topological polar surface area (TPSA) is 207 Å². The molecule has 1 aromatic rings. The van der Waals surface area contributed by atoms with E-state index in [9.17, 15) is 19.5 Å². The number of primary amides is 1. The molecule has 134 valence electrons. The SMILES string of the molecule is CC(O)C(NC(=O)N[C@@H](C)c1nnc([C@@H](N)CC(N)=O)o1)C(=O)O. The highest BCUT2D eigenvalue weighted by atomic mass is 16.4. The number of aromatic nitrogens is 2. The van der Waals surface area contributed by atoms with Crippen LogP contribution >= 0.6 is 0 Å². The summed E-state index contributed by atoms with van der Waals surface area (Å²) in [6.45, 7) is 2.74. The van der Waals surface area contributed by atoms with Crippen molar-refractivity contribution in [2.45, 2.75) is 44.5 Å². The van der Waals surface area contributed by atoms with Crippen LogP contribution in [0.2, 0.25) is 0 Å². The minimum absolute atomic E-state index is 0.00370. The highest BCUT2D eigenvalue weighted by Gasteiger charge is 2.26. The largest absolute Gasteiger partial charge is 0.480 e. The molecular formula is C12H20N6O6. The van der Waals surface area contributed by atoms with Crippen LogP contribution in [0.25, 0.3) is 0 Å². The van der Waals surface area contributed by atoms with Crippen LogP contribution in [-0.4, -0.2) is 50.5 Å². The fraction of sp³-hybridized carbons (Fsp3) is 0.583. The average Bonchev–Trinajstić information content (AvgIpc) is 2.93. The van der Waals surface area contributed by atoms with Gasteiger partial charge in [0.1, 0.15) is 6.04 Å². The molecular weight excluding hydrogens is 324 g/mol. The Labute approximate surface area is 136 Å². The predicted octanol–water partition coefficient (Wildman–Crippen LogP) is -1.86. The average molecular weight is 344 g/mol. The van der Waals surface area contributed by atoms with E-state index in [1.807, 2.05) is 0 Å². The number of carbonyl (C=O) groups is 3. The maximum Gasteiger partial charge on any atom is 0.328 e. The number of urea groups is 1. The second-order valence-electron chi connectivity index (χ2n) is 5.15. The van der Waals surface area contributed by atoms with Gasteiger partial charge in [-0.05, 0) is 13.8 Å². The lowest BCUT2D eigenvalue weighted by Crippen LogP contribution is -2.51. The summed E-state index contributed by atoms with van der Waals surface area (Å²) in [5.41, 5.74) is 10.7. The summed E-state index contributed by atoms with van der Waals surface area (Å²) in [5, 5.41) is 30.0. The molecule has 0 fully saturated rings. The van der Waals surface area contributed by atoms with E-state index in [1.165, 1.54) is 13.8 Å². The lowest BCUT2D eigenvalue weighted by Gasteiger charge is -2.18. The summed E-state index contributed by atoms with van der Waals surface area (Å²) in [7, 11) is 0. The molecule has 3 amide bonds. The zero-order valence-electron chi connectivity index (χ0n) is 13.1. The molecule has 0 spiro atoms. The molecule has 0 aliphatic carbocycles. The van der Waals surface area contributed by atoms with Crippen molar-refractivity contribution >= 4 is 17.9 Å². The Balaban J connectivity index is 2.66. The highest BCUT2D eigenvalue weighted by Crippen LogP contribution is 2.16. The smallest absolute Gasteiger partial charge is 0.328 e. The van der Waals surface area contributed by atoms with E-state index in [1.54, 1.807) is 0 Å². The minimum Gasteiger partial charge on any atom is -0.480 e. The number of carbonyl (C=O) groups excluding carboxylic acids is 2. The van der Waals surface area contributed by atoms with Gasteiger partial charge in [-0.25, -0.2) is 9.59 Å². The van der Waals surface area contributed by atoms with Crippen LogP contribution in [0.5, 0.6) is 0 Å². The summed E-state index contributed by atoms with van der Waals surface area (Å²) < 4.78 is 5.25. The number of nitrogens with two attached hydrogens (primary N) is 2. The molecule has 12 nitrogen and oxygen atoms in total. The van der Waals surface area contributed by atoms with E-state index in [-0.39, 0.29) is 18.2 Å². The molecule has 8 N–H and O–H groups in total. The van der Waals surface area contributed by atoms with E-state index >= 15 is 0 Å². The summed E-state index contributed by atoms with van der Waals surface area (Å²) in [4.78, 5) is 33.5. The quantitative estimate of drug-likeness (QED) is 0.312. The molecule has 0 radical (unpaired) electrons. The Morgan fingerprint density at radius 3 is 2.29 bits per heavy atom. The van der Waals surface area contributed by atoms with Gasteiger partial charge in [0.25, 0.3) is 0 Å². The summed E-state index contributed by atoms with van der Waals surface area (Å²) in [6, 6.07) is -3.96. The lowest BCUT2D eigenvalue weighted by atomic mass is 10.2. The van der Waals surface area contributed by atoms with Crippen molar-refractivity contribution in [3.05, 3.63) is 11.8 Å². The Hall–Kier alpha value is -2.73. The lowest BCUT2D eigenvalue weighted by molar-refractivity contribution is -0.141. The molecule has 24 heavy (non-hydrogen) atoms. The normalized spacial score (nSPS) is 15.8. The molecule has 4 atom stereocenters. The Kier molecular flexibility index (Phi) is 6.61. The van der Waals surface area contributed by atoms with Crippen molar-refractivity contribution in [1.29, 1.82) is 0 Å². The maximum atomic E-state index is 11.8.